The molecule has 3 heteroatoms. The Kier molecular flexibility index (Phi) is 4.02. The Bertz CT molecular complexity index is 874. The second-order valence-electron chi connectivity index (χ2n) is 9.32. The van der Waals surface area contributed by atoms with Gasteiger partial charge < -0.3 is 5.32 Å². The van der Waals surface area contributed by atoms with E-state index in [4.69, 9.17) is 0 Å². The molecule has 4 fully saturated rings. The highest BCUT2D eigenvalue weighted by Gasteiger charge is 2.60. The van der Waals surface area contributed by atoms with Crippen LogP contribution in [0.15, 0.2) is 53.0 Å². The summed E-state index contributed by atoms with van der Waals surface area (Å²) in [5, 5.41) is 3.26. The van der Waals surface area contributed by atoms with Crippen LogP contribution in [0.1, 0.15) is 49.7 Å². The van der Waals surface area contributed by atoms with Crippen molar-refractivity contribution in [3.05, 3.63) is 64.1 Å². The molecule has 2 aromatic rings. The number of rotatable bonds is 3. The molecule has 4 saturated carbocycles. The van der Waals surface area contributed by atoms with Gasteiger partial charge in [-0.15, -0.1) is 0 Å². The van der Waals surface area contributed by atoms with Crippen molar-refractivity contribution in [1.29, 1.82) is 0 Å². The van der Waals surface area contributed by atoms with Gasteiger partial charge in [-0.1, -0.05) is 42.0 Å². The van der Waals surface area contributed by atoms with E-state index in [0.717, 1.165) is 29.4 Å². The van der Waals surface area contributed by atoms with Gasteiger partial charge in [-0.3, -0.25) is 4.79 Å². The molecular formula is C24H26BrNO. The van der Waals surface area contributed by atoms with E-state index in [-0.39, 0.29) is 16.7 Å². The number of benzene rings is 2. The lowest BCUT2D eigenvalue weighted by Gasteiger charge is -2.61. The van der Waals surface area contributed by atoms with Gasteiger partial charge in [0.15, 0.2) is 0 Å². The fraction of sp³-hybridized carbons (Fsp3) is 0.458. The van der Waals surface area contributed by atoms with Crippen LogP contribution in [0.5, 0.6) is 0 Å². The smallest absolute Gasteiger partial charge is 0.230 e. The third-order valence-electron chi connectivity index (χ3n) is 7.33. The average molecular weight is 424 g/mol. The first-order valence-corrected chi connectivity index (χ1v) is 10.9. The molecule has 2 aromatic carbocycles. The maximum atomic E-state index is 13.5. The van der Waals surface area contributed by atoms with Crippen molar-refractivity contribution >= 4 is 27.5 Å². The number of nitrogens with one attached hydrogen (secondary N) is 1. The van der Waals surface area contributed by atoms with E-state index < -0.39 is 0 Å². The van der Waals surface area contributed by atoms with Crippen LogP contribution in [0, 0.1) is 24.2 Å². The van der Waals surface area contributed by atoms with Crippen LogP contribution in [-0.2, 0) is 10.2 Å². The molecule has 140 valence electrons. The minimum atomic E-state index is -0.204. The predicted molar refractivity (Wildman–Crippen MR) is 113 cm³/mol. The predicted octanol–water partition coefficient (Wildman–Crippen LogP) is 6.23. The fourth-order valence-corrected chi connectivity index (χ4v) is 6.97. The van der Waals surface area contributed by atoms with Gasteiger partial charge in [0.25, 0.3) is 0 Å². The lowest BCUT2D eigenvalue weighted by molar-refractivity contribution is -0.143. The van der Waals surface area contributed by atoms with Crippen LogP contribution in [0.4, 0.5) is 5.69 Å². The number of aryl methyl sites for hydroxylation is 1. The Balaban J connectivity index is 1.49. The van der Waals surface area contributed by atoms with E-state index in [9.17, 15) is 4.79 Å². The van der Waals surface area contributed by atoms with E-state index >= 15 is 0 Å². The summed E-state index contributed by atoms with van der Waals surface area (Å²) >= 11 is 3.57. The number of carbonyl (C=O) groups excluding carboxylic acids is 1. The van der Waals surface area contributed by atoms with Gasteiger partial charge in [0.1, 0.15) is 0 Å². The van der Waals surface area contributed by atoms with Crippen LogP contribution in [0.3, 0.4) is 0 Å². The minimum Gasteiger partial charge on any atom is -0.325 e. The summed E-state index contributed by atoms with van der Waals surface area (Å²) < 4.78 is 0.955. The molecule has 1 N–H and O–H groups in total. The van der Waals surface area contributed by atoms with Crippen molar-refractivity contribution < 1.29 is 4.79 Å². The number of hydrogen-bond donors (Lipinski definition) is 1. The maximum Gasteiger partial charge on any atom is 0.230 e. The molecule has 27 heavy (non-hydrogen) atoms. The number of hydrogen-bond acceptors (Lipinski definition) is 1. The number of para-hydroxylation sites is 1. The molecule has 4 atom stereocenters. The molecule has 2 unspecified atom stereocenters. The zero-order valence-corrected chi connectivity index (χ0v) is 17.4. The maximum absolute atomic E-state index is 13.5. The van der Waals surface area contributed by atoms with Gasteiger partial charge in [0, 0.05) is 4.47 Å². The molecule has 0 saturated heterocycles. The SMILES string of the molecule is Cc1ccc(C23C[C@@H]4C[C@@H](CC(C(=O)Nc5ccccc5Br)(C4)C2)C3)cc1. The molecule has 4 aliphatic rings. The summed E-state index contributed by atoms with van der Waals surface area (Å²) in [5.74, 6) is 1.62. The molecule has 0 spiro atoms. The molecule has 1 amide bonds. The average Bonchev–Trinajstić information content (AvgIpc) is 2.63. The topological polar surface area (TPSA) is 29.1 Å². The molecule has 4 bridgehead atoms. The van der Waals surface area contributed by atoms with Crippen molar-refractivity contribution in [3.63, 3.8) is 0 Å². The van der Waals surface area contributed by atoms with Crippen molar-refractivity contribution in [2.45, 2.75) is 50.9 Å². The second-order valence-corrected chi connectivity index (χ2v) is 10.2. The Hall–Kier alpha value is -1.61. The highest BCUT2D eigenvalue weighted by molar-refractivity contribution is 9.10. The third-order valence-corrected chi connectivity index (χ3v) is 8.02. The Morgan fingerprint density at radius 3 is 2.33 bits per heavy atom. The van der Waals surface area contributed by atoms with Crippen molar-refractivity contribution in [1.82, 2.24) is 0 Å². The van der Waals surface area contributed by atoms with Crippen LogP contribution in [0.2, 0.25) is 0 Å². The first-order valence-electron chi connectivity index (χ1n) is 10.1. The van der Waals surface area contributed by atoms with Crippen LogP contribution >= 0.6 is 15.9 Å². The zero-order valence-electron chi connectivity index (χ0n) is 15.8. The molecule has 6 rings (SSSR count). The minimum absolute atomic E-state index is 0.197. The van der Waals surface area contributed by atoms with E-state index in [2.05, 4.69) is 52.4 Å². The van der Waals surface area contributed by atoms with E-state index in [0.29, 0.717) is 11.8 Å². The van der Waals surface area contributed by atoms with Gasteiger partial charge in [-0.25, -0.2) is 0 Å². The molecule has 4 aliphatic carbocycles. The first kappa shape index (κ1) is 17.5. The highest BCUT2D eigenvalue weighted by atomic mass is 79.9. The number of carbonyl (C=O) groups is 1. The summed E-state index contributed by atoms with van der Waals surface area (Å²) in [6, 6.07) is 17.1. The monoisotopic (exact) mass is 423 g/mol. The molecule has 0 heterocycles. The molecule has 0 aromatic heterocycles. The second kappa shape index (κ2) is 6.20. The van der Waals surface area contributed by atoms with E-state index in [1.54, 1.807) is 0 Å². The Morgan fingerprint density at radius 2 is 1.67 bits per heavy atom. The summed E-state index contributed by atoms with van der Waals surface area (Å²) in [4.78, 5) is 13.5. The third kappa shape index (κ3) is 2.86. The quantitative estimate of drug-likeness (QED) is 0.622. The zero-order chi connectivity index (χ0) is 18.6. The lowest BCUT2D eigenvalue weighted by atomic mass is 9.42. The van der Waals surface area contributed by atoms with Gasteiger partial charge in [0.2, 0.25) is 5.91 Å². The summed E-state index contributed by atoms with van der Waals surface area (Å²) in [5.41, 5.74) is 3.65. The van der Waals surface area contributed by atoms with E-state index in [1.807, 2.05) is 24.3 Å². The number of halogens is 1. The van der Waals surface area contributed by atoms with Crippen molar-refractivity contribution in [2.75, 3.05) is 5.32 Å². The standard InChI is InChI=1S/C24H26BrNO/c1-16-6-8-19(9-7-16)23-11-17-10-18(12-23)14-24(13-17,15-23)22(27)26-21-5-3-2-4-20(21)25/h2-9,17-18H,10-15H2,1H3,(H,26,27)/t17-,18+,23?,24?. The molecule has 0 aliphatic heterocycles. The summed E-state index contributed by atoms with van der Waals surface area (Å²) in [7, 11) is 0. The van der Waals surface area contributed by atoms with Gasteiger partial charge in [-0.05, 0) is 96.3 Å². The van der Waals surface area contributed by atoms with E-state index in [1.165, 1.54) is 30.4 Å². The molecular weight excluding hydrogens is 398 g/mol. The number of amides is 1. The van der Waals surface area contributed by atoms with Crippen LogP contribution < -0.4 is 5.32 Å². The van der Waals surface area contributed by atoms with Crippen LogP contribution in [0.25, 0.3) is 0 Å². The van der Waals surface area contributed by atoms with Crippen LogP contribution in [-0.4, -0.2) is 5.91 Å². The molecule has 2 nitrogen and oxygen atoms in total. The summed E-state index contributed by atoms with van der Waals surface area (Å²) in [6.07, 6.45) is 6.97. The molecule has 0 radical (unpaired) electrons. The van der Waals surface area contributed by atoms with Gasteiger partial charge in [-0.2, -0.15) is 0 Å². The van der Waals surface area contributed by atoms with Gasteiger partial charge >= 0.3 is 0 Å². The summed E-state index contributed by atoms with van der Waals surface area (Å²) in [6.45, 7) is 2.15. The number of anilines is 1. The van der Waals surface area contributed by atoms with Crippen molar-refractivity contribution in [2.24, 2.45) is 17.3 Å². The largest absolute Gasteiger partial charge is 0.325 e. The fourth-order valence-electron chi connectivity index (χ4n) is 6.59. The van der Waals surface area contributed by atoms with Crippen molar-refractivity contribution in [3.8, 4) is 0 Å². The Labute approximate surface area is 169 Å². The van der Waals surface area contributed by atoms with Gasteiger partial charge in [0.05, 0.1) is 11.1 Å². The highest BCUT2D eigenvalue weighted by Crippen LogP contribution is 2.66. The Morgan fingerprint density at radius 1 is 1.00 bits per heavy atom. The lowest BCUT2D eigenvalue weighted by Crippen LogP contribution is -2.58. The normalized spacial score (nSPS) is 33.9. The first-order chi connectivity index (χ1) is 13.0.